The molecule has 0 amide bonds. The molecule has 1 N–H and O–H groups in total. The van der Waals surface area contributed by atoms with E-state index in [0.29, 0.717) is 13.2 Å². The minimum absolute atomic E-state index is 0.339. The van der Waals surface area contributed by atoms with Crippen LogP contribution in [-0.2, 0) is 32.2 Å². The van der Waals surface area contributed by atoms with Gasteiger partial charge >= 0.3 is 0 Å². The third-order valence-electron chi connectivity index (χ3n) is 5.06. The van der Waals surface area contributed by atoms with Crippen LogP contribution < -0.4 is 0 Å². The van der Waals surface area contributed by atoms with Crippen molar-refractivity contribution in [3.63, 3.8) is 0 Å². The number of ether oxygens (including phenoxy) is 4. The van der Waals surface area contributed by atoms with Gasteiger partial charge in [-0.1, -0.05) is 66.7 Å². The number of benzene rings is 2. The van der Waals surface area contributed by atoms with Crippen molar-refractivity contribution in [3.8, 4) is 0 Å². The molecule has 27 heavy (non-hydrogen) atoms. The van der Waals surface area contributed by atoms with E-state index in [-0.39, 0.29) is 6.10 Å². The fourth-order valence-corrected chi connectivity index (χ4v) is 3.66. The van der Waals surface area contributed by atoms with Gasteiger partial charge in [0, 0.05) is 7.11 Å². The molecule has 1 saturated heterocycles. The summed E-state index contributed by atoms with van der Waals surface area (Å²) in [6, 6.07) is 19.8. The van der Waals surface area contributed by atoms with Crippen LogP contribution in [0.4, 0.5) is 0 Å². The Labute approximate surface area is 159 Å². The molecule has 1 fully saturated rings. The number of rotatable bonds is 7. The second kappa shape index (κ2) is 7.92. The highest BCUT2D eigenvalue weighted by molar-refractivity contribution is 5.24. The Hall–Kier alpha value is -2.02. The predicted molar refractivity (Wildman–Crippen MR) is 99.8 cm³/mol. The Kier molecular flexibility index (Phi) is 5.38. The van der Waals surface area contributed by atoms with Crippen molar-refractivity contribution in [2.45, 2.75) is 43.4 Å². The first kappa shape index (κ1) is 18.3. The van der Waals surface area contributed by atoms with Crippen molar-refractivity contribution in [1.29, 1.82) is 0 Å². The van der Waals surface area contributed by atoms with E-state index in [0.717, 1.165) is 11.1 Å². The van der Waals surface area contributed by atoms with Crippen LogP contribution in [0.5, 0.6) is 0 Å². The maximum atomic E-state index is 11.2. The number of hydrogen-bond donors (Lipinski definition) is 1. The number of hydrogen-bond acceptors (Lipinski definition) is 5. The normalized spacial score (nSPS) is 31.9. The topological polar surface area (TPSA) is 57.2 Å². The van der Waals surface area contributed by atoms with Gasteiger partial charge in [0.1, 0.15) is 18.3 Å². The molecule has 5 heteroatoms. The van der Waals surface area contributed by atoms with Crippen LogP contribution >= 0.6 is 0 Å². The van der Waals surface area contributed by atoms with Gasteiger partial charge in [-0.2, -0.15) is 0 Å². The molecule has 0 aromatic heterocycles. The predicted octanol–water partition coefficient (Wildman–Crippen LogP) is 2.83. The highest BCUT2D eigenvalue weighted by Crippen LogP contribution is 2.40. The smallest absolute Gasteiger partial charge is 0.193 e. The molecule has 2 aliphatic heterocycles. The van der Waals surface area contributed by atoms with E-state index in [1.54, 1.807) is 6.08 Å². The van der Waals surface area contributed by atoms with E-state index in [9.17, 15) is 5.11 Å². The van der Waals surface area contributed by atoms with E-state index in [4.69, 9.17) is 18.9 Å². The van der Waals surface area contributed by atoms with Gasteiger partial charge in [0.15, 0.2) is 11.9 Å². The van der Waals surface area contributed by atoms with Crippen molar-refractivity contribution in [1.82, 2.24) is 0 Å². The Morgan fingerprint density at radius 1 is 0.926 bits per heavy atom. The van der Waals surface area contributed by atoms with Crippen molar-refractivity contribution < 1.29 is 24.1 Å². The molecule has 5 nitrogen and oxygen atoms in total. The first-order valence-electron chi connectivity index (χ1n) is 9.12. The molecular weight excluding hydrogens is 344 g/mol. The lowest BCUT2D eigenvalue weighted by atomic mass is 9.80. The Morgan fingerprint density at radius 3 is 2.11 bits per heavy atom. The molecule has 2 aromatic carbocycles. The Morgan fingerprint density at radius 2 is 1.52 bits per heavy atom. The van der Waals surface area contributed by atoms with Gasteiger partial charge in [0.25, 0.3) is 0 Å². The quantitative estimate of drug-likeness (QED) is 0.762. The molecule has 1 aliphatic carbocycles. The maximum Gasteiger partial charge on any atom is 0.193 e. The van der Waals surface area contributed by atoms with Gasteiger partial charge in [0.05, 0.1) is 13.2 Å². The van der Waals surface area contributed by atoms with Crippen LogP contribution in [0.25, 0.3) is 0 Å². The summed E-state index contributed by atoms with van der Waals surface area (Å²) in [5.41, 5.74) is 0.683. The fraction of sp³-hybridized carbons (Fsp3) is 0.364. The monoisotopic (exact) mass is 368 g/mol. The summed E-state index contributed by atoms with van der Waals surface area (Å²) in [6.45, 7) is 0.786. The molecule has 0 saturated carbocycles. The third kappa shape index (κ3) is 3.70. The summed E-state index contributed by atoms with van der Waals surface area (Å²) in [6.07, 6.45) is 1.38. The van der Waals surface area contributed by atoms with Crippen molar-refractivity contribution in [2.24, 2.45) is 0 Å². The Balaban J connectivity index is 1.53. The molecule has 0 unspecified atom stereocenters. The van der Waals surface area contributed by atoms with Crippen molar-refractivity contribution in [3.05, 3.63) is 83.9 Å². The minimum Gasteiger partial charge on any atom is -0.378 e. The zero-order chi connectivity index (χ0) is 18.7. The van der Waals surface area contributed by atoms with Gasteiger partial charge < -0.3 is 24.1 Å². The first-order chi connectivity index (χ1) is 13.2. The van der Waals surface area contributed by atoms with Gasteiger partial charge in [0.2, 0.25) is 0 Å². The summed E-state index contributed by atoms with van der Waals surface area (Å²) in [4.78, 5) is 0. The lowest BCUT2D eigenvalue weighted by Crippen LogP contribution is -2.69. The van der Waals surface area contributed by atoms with Crippen LogP contribution in [0.15, 0.2) is 72.8 Å². The lowest BCUT2D eigenvalue weighted by molar-refractivity contribution is -0.332. The molecule has 2 heterocycles. The molecule has 5 atom stereocenters. The average Bonchev–Trinajstić information content (AvgIpc) is 2.72. The molecule has 0 radical (unpaired) electrons. The second-order valence-electron chi connectivity index (χ2n) is 6.89. The maximum absolute atomic E-state index is 11.2. The molecule has 0 spiro atoms. The molecule has 5 rings (SSSR count). The fourth-order valence-electron chi connectivity index (χ4n) is 3.66. The molecule has 2 aromatic rings. The van der Waals surface area contributed by atoms with Crippen molar-refractivity contribution >= 4 is 0 Å². The lowest BCUT2D eigenvalue weighted by Gasteiger charge is -2.52. The minimum atomic E-state index is -1.40. The van der Waals surface area contributed by atoms with Crippen molar-refractivity contribution in [2.75, 3.05) is 7.11 Å². The van der Waals surface area contributed by atoms with Crippen LogP contribution in [0.3, 0.4) is 0 Å². The Bertz CT molecular complexity index is 763. The number of aliphatic hydroxyl groups is 1. The highest BCUT2D eigenvalue weighted by Gasteiger charge is 2.58. The highest BCUT2D eigenvalue weighted by atomic mass is 16.7. The van der Waals surface area contributed by atoms with Gasteiger partial charge in [-0.25, -0.2) is 0 Å². The second-order valence-corrected chi connectivity index (χ2v) is 6.89. The zero-order valence-electron chi connectivity index (χ0n) is 15.2. The van der Waals surface area contributed by atoms with E-state index < -0.39 is 24.1 Å². The molecule has 2 bridgehead atoms. The first-order valence-corrected chi connectivity index (χ1v) is 9.12. The van der Waals surface area contributed by atoms with E-state index >= 15 is 0 Å². The van der Waals surface area contributed by atoms with Gasteiger partial charge in [-0.3, -0.25) is 0 Å². The van der Waals surface area contributed by atoms with Crippen LogP contribution in [0.2, 0.25) is 0 Å². The summed E-state index contributed by atoms with van der Waals surface area (Å²) >= 11 is 0. The van der Waals surface area contributed by atoms with Gasteiger partial charge in [-0.05, 0) is 17.2 Å². The largest absolute Gasteiger partial charge is 0.378 e. The molecular formula is C22H24O5. The standard InChI is InChI=1S/C22H24O5/c1-24-21-22(23)13-12-18(27-21)19(25-14-16-8-4-2-5-9-16)20(22)26-15-17-10-6-3-7-11-17/h2-13,18-21,23H,14-15H2,1H3/t18-,19-,20+,21+,22-/m1/s1. The van der Waals surface area contributed by atoms with Crippen LogP contribution in [0, 0.1) is 0 Å². The third-order valence-corrected chi connectivity index (χ3v) is 5.06. The number of fused-ring (bicyclic) bond motifs is 2. The van der Waals surface area contributed by atoms with E-state index in [1.807, 2.05) is 66.7 Å². The molecule has 3 aliphatic rings. The zero-order valence-corrected chi connectivity index (χ0v) is 15.2. The van der Waals surface area contributed by atoms with Crippen LogP contribution in [-0.4, -0.2) is 42.4 Å². The molecule has 142 valence electrons. The van der Waals surface area contributed by atoms with Crippen LogP contribution in [0.1, 0.15) is 11.1 Å². The summed E-state index contributed by atoms with van der Waals surface area (Å²) in [7, 11) is 1.52. The van der Waals surface area contributed by atoms with Gasteiger partial charge in [-0.15, -0.1) is 0 Å². The SMILES string of the molecule is CO[C@H]1O[C@@H]2C=C[C@@]1(O)[C@@H](OCc1ccccc1)[C@@H]2OCc1ccccc1. The summed E-state index contributed by atoms with van der Waals surface area (Å²) in [5.74, 6) is 0. The average molecular weight is 368 g/mol. The summed E-state index contributed by atoms with van der Waals surface area (Å²) < 4.78 is 23.5. The van der Waals surface area contributed by atoms with E-state index in [2.05, 4.69) is 0 Å². The number of methoxy groups -OCH3 is 1. The van der Waals surface area contributed by atoms with E-state index in [1.165, 1.54) is 7.11 Å². The summed E-state index contributed by atoms with van der Waals surface area (Å²) in [5, 5.41) is 11.2.